The highest BCUT2D eigenvalue weighted by molar-refractivity contribution is 5.80. The number of hydrogen-bond acceptors (Lipinski definition) is 8. The zero-order valence-electron chi connectivity index (χ0n) is 19.8. The van der Waals surface area contributed by atoms with Gasteiger partial charge in [-0.15, -0.1) is 0 Å². The van der Waals surface area contributed by atoms with Crippen molar-refractivity contribution in [1.29, 1.82) is 0 Å². The van der Waals surface area contributed by atoms with E-state index in [1.165, 1.54) is 0 Å². The minimum Gasteiger partial charge on any atom is -0.507 e. The summed E-state index contributed by atoms with van der Waals surface area (Å²) in [7, 11) is 0. The van der Waals surface area contributed by atoms with Gasteiger partial charge in [-0.2, -0.15) is 0 Å². The molecule has 0 saturated carbocycles. The van der Waals surface area contributed by atoms with Gasteiger partial charge in [-0.05, 0) is 50.8 Å². The smallest absolute Gasteiger partial charge is 0.187 e. The van der Waals surface area contributed by atoms with Gasteiger partial charge in [0.15, 0.2) is 24.2 Å². The molecule has 0 spiro atoms. The molecule has 5 atom stereocenters. The summed E-state index contributed by atoms with van der Waals surface area (Å²) < 4.78 is 36.2. The Hall–Kier alpha value is -1.55. The molecular weight excluding hydrogens is 416 g/mol. The molecule has 3 fully saturated rings. The summed E-state index contributed by atoms with van der Waals surface area (Å²) in [5, 5.41) is 10.6. The van der Waals surface area contributed by atoms with Crippen molar-refractivity contribution in [3.8, 4) is 5.75 Å². The number of carbonyl (C=O) groups is 1. The van der Waals surface area contributed by atoms with Crippen LogP contribution in [0.25, 0.3) is 0 Å². The van der Waals surface area contributed by atoms with Crippen molar-refractivity contribution in [1.82, 2.24) is 0 Å². The van der Waals surface area contributed by atoms with E-state index in [0.29, 0.717) is 18.5 Å². The van der Waals surface area contributed by atoms with Crippen LogP contribution in [0.2, 0.25) is 0 Å². The standard InChI is InChI=1S/C24H34O8/c1-22(2,3)15-8-13(10-25)17(26)14(9-15)11-27-21-20-19(31-24(6,7)32-20)18(29-21)16-12-28-23(4,5)30-16/h8-10,16,18-21,26H,11-12H2,1-7H3/t16-,18-,19+,20+,21-/m1/s1. The molecule has 3 aliphatic rings. The average molecular weight is 451 g/mol. The van der Waals surface area contributed by atoms with Gasteiger partial charge >= 0.3 is 0 Å². The van der Waals surface area contributed by atoms with Crippen molar-refractivity contribution >= 4 is 6.29 Å². The van der Waals surface area contributed by atoms with Crippen LogP contribution in [0, 0.1) is 0 Å². The van der Waals surface area contributed by atoms with Crippen molar-refractivity contribution in [2.45, 2.75) is 103 Å². The van der Waals surface area contributed by atoms with Crippen molar-refractivity contribution in [2.75, 3.05) is 6.61 Å². The summed E-state index contributed by atoms with van der Waals surface area (Å²) in [5.74, 6) is -1.56. The minimum absolute atomic E-state index is 0.0501. The number of aldehydes is 1. The van der Waals surface area contributed by atoms with Gasteiger partial charge in [-0.25, -0.2) is 0 Å². The van der Waals surface area contributed by atoms with Crippen molar-refractivity contribution in [3.05, 3.63) is 28.8 Å². The van der Waals surface area contributed by atoms with E-state index in [9.17, 15) is 9.90 Å². The molecule has 8 nitrogen and oxygen atoms in total. The molecule has 1 N–H and O–H groups in total. The number of fused-ring (bicyclic) bond motifs is 1. The molecule has 1 aromatic rings. The van der Waals surface area contributed by atoms with Crippen LogP contribution in [0.15, 0.2) is 12.1 Å². The Balaban J connectivity index is 1.54. The average Bonchev–Trinajstić information content (AvgIpc) is 3.29. The van der Waals surface area contributed by atoms with Crippen molar-refractivity contribution in [3.63, 3.8) is 0 Å². The second-order valence-electron chi connectivity index (χ2n) is 10.7. The Bertz CT molecular complexity index is 871. The fourth-order valence-electron chi connectivity index (χ4n) is 4.43. The molecule has 0 aliphatic carbocycles. The first-order valence-corrected chi connectivity index (χ1v) is 11.1. The van der Waals surface area contributed by atoms with Crippen LogP contribution in [0.5, 0.6) is 5.75 Å². The fourth-order valence-corrected chi connectivity index (χ4v) is 4.43. The Labute approximate surface area is 189 Å². The first-order chi connectivity index (χ1) is 14.8. The van der Waals surface area contributed by atoms with Crippen LogP contribution >= 0.6 is 0 Å². The zero-order valence-corrected chi connectivity index (χ0v) is 19.8. The van der Waals surface area contributed by atoms with E-state index >= 15 is 0 Å². The van der Waals surface area contributed by atoms with Crippen LogP contribution in [0.1, 0.15) is 70.0 Å². The third-order valence-electron chi connectivity index (χ3n) is 6.06. The number of phenolic OH excluding ortho intramolecular Hbond substituents is 1. The van der Waals surface area contributed by atoms with Crippen LogP contribution in [-0.4, -0.2) is 60.3 Å². The summed E-state index contributed by atoms with van der Waals surface area (Å²) in [4.78, 5) is 11.5. The second kappa shape index (κ2) is 8.04. The van der Waals surface area contributed by atoms with Gasteiger partial charge in [0.05, 0.1) is 18.8 Å². The molecule has 32 heavy (non-hydrogen) atoms. The molecule has 0 amide bonds. The molecule has 3 heterocycles. The van der Waals surface area contributed by atoms with E-state index in [-0.39, 0.29) is 35.5 Å². The molecule has 0 unspecified atom stereocenters. The van der Waals surface area contributed by atoms with Crippen LogP contribution < -0.4 is 0 Å². The Morgan fingerprint density at radius 1 is 1.06 bits per heavy atom. The summed E-state index contributed by atoms with van der Waals surface area (Å²) in [6, 6.07) is 3.57. The van der Waals surface area contributed by atoms with Gasteiger partial charge in [-0.1, -0.05) is 20.8 Å². The zero-order chi connectivity index (χ0) is 23.5. The van der Waals surface area contributed by atoms with Gasteiger partial charge < -0.3 is 33.5 Å². The normalized spacial score (nSPS) is 33.4. The summed E-state index contributed by atoms with van der Waals surface area (Å²) >= 11 is 0. The Kier molecular flexibility index (Phi) is 5.93. The number of ether oxygens (including phenoxy) is 6. The molecule has 0 aromatic heterocycles. The summed E-state index contributed by atoms with van der Waals surface area (Å²) in [6.45, 7) is 14.0. The number of aromatic hydroxyl groups is 1. The number of rotatable bonds is 5. The lowest BCUT2D eigenvalue weighted by Gasteiger charge is -2.27. The van der Waals surface area contributed by atoms with E-state index in [2.05, 4.69) is 0 Å². The SMILES string of the molecule is CC1(C)O[C@@H]2[C@H](O1)[C@H](OCc1cc(C(C)(C)C)cc(C=O)c1O)O[C@@H]2[C@H]1COC(C)(C)O1. The highest BCUT2D eigenvalue weighted by Gasteiger charge is 2.59. The van der Waals surface area contributed by atoms with Crippen molar-refractivity contribution < 1.29 is 38.3 Å². The van der Waals surface area contributed by atoms with Crippen LogP contribution in [-0.2, 0) is 40.4 Å². The monoisotopic (exact) mass is 450 g/mol. The van der Waals surface area contributed by atoms with Gasteiger partial charge in [0, 0.05) is 5.56 Å². The largest absolute Gasteiger partial charge is 0.507 e. The molecule has 0 bridgehead atoms. The van der Waals surface area contributed by atoms with Gasteiger partial charge in [0.2, 0.25) is 0 Å². The number of benzene rings is 1. The second-order valence-corrected chi connectivity index (χ2v) is 10.7. The van der Waals surface area contributed by atoms with Gasteiger partial charge in [-0.3, -0.25) is 4.79 Å². The lowest BCUT2D eigenvalue weighted by Crippen LogP contribution is -2.40. The lowest BCUT2D eigenvalue weighted by atomic mass is 9.85. The quantitative estimate of drug-likeness (QED) is 0.683. The molecule has 4 rings (SSSR count). The Morgan fingerprint density at radius 2 is 1.75 bits per heavy atom. The number of phenols is 1. The fraction of sp³-hybridized carbons (Fsp3) is 0.708. The number of carbonyl (C=O) groups excluding carboxylic acids is 1. The third-order valence-corrected chi connectivity index (χ3v) is 6.06. The predicted octanol–water partition coefficient (Wildman–Crippen LogP) is 3.42. The topological polar surface area (TPSA) is 92.7 Å². The molecule has 3 aliphatic heterocycles. The molecule has 178 valence electrons. The minimum atomic E-state index is -0.785. The third kappa shape index (κ3) is 4.58. The molecular formula is C24H34O8. The summed E-state index contributed by atoms with van der Waals surface area (Å²) in [6.07, 6.45) is -1.65. The van der Waals surface area contributed by atoms with E-state index in [1.54, 1.807) is 6.07 Å². The molecule has 0 radical (unpaired) electrons. The maximum Gasteiger partial charge on any atom is 0.187 e. The van der Waals surface area contributed by atoms with Crippen LogP contribution in [0.3, 0.4) is 0 Å². The highest BCUT2D eigenvalue weighted by atomic mass is 16.8. The van der Waals surface area contributed by atoms with Crippen LogP contribution in [0.4, 0.5) is 0 Å². The predicted molar refractivity (Wildman–Crippen MR) is 114 cm³/mol. The highest BCUT2D eigenvalue weighted by Crippen LogP contribution is 2.43. The summed E-state index contributed by atoms with van der Waals surface area (Å²) in [5.41, 5.74) is 1.49. The van der Waals surface area contributed by atoms with E-state index < -0.39 is 30.1 Å². The molecule has 1 aromatic carbocycles. The van der Waals surface area contributed by atoms with Gasteiger partial charge in [0.25, 0.3) is 0 Å². The Morgan fingerprint density at radius 3 is 2.34 bits per heavy atom. The lowest BCUT2D eigenvalue weighted by molar-refractivity contribution is -0.250. The molecule has 3 saturated heterocycles. The maximum atomic E-state index is 11.5. The number of hydrogen-bond donors (Lipinski definition) is 1. The van der Waals surface area contributed by atoms with E-state index in [1.807, 2.05) is 54.5 Å². The van der Waals surface area contributed by atoms with Gasteiger partial charge in [0.1, 0.15) is 30.2 Å². The first kappa shape index (κ1) is 23.6. The maximum absolute atomic E-state index is 11.5. The first-order valence-electron chi connectivity index (χ1n) is 11.1. The van der Waals surface area contributed by atoms with E-state index in [0.717, 1.165) is 5.56 Å². The molecule has 8 heteroatoms. The van der Waals surface area contributed by atoms with E-state index in [4.69, 9.17) is 28.4 Å². The van der Waals surface area contributed by atoms with Crippen molar-refractivity contribution in [2.24, 2.45) is 0 Å².